The van der Waals surface area contributed by atoms with Crippen LogP contribution in [0.25, 0.3) is 0 Å². The lowest BCUT2D eigenvalue weighted by atomic mass is 9.87. The molecule has 45 heavy (non-hydrogen) atoms. The van der Waals surface area contributed by atoms with Crippen molar-refractivity contribution in [3.8, 4) is 5.75 Å². The van der Waals surface area contributed by atoms with E-state index in [0.29, 0.717) is 50.9 Å². The van der Waals surface area contributed by atoms with Crippen LogP contribution >= 0.6 is 11.6 Å². The van der Waals surface area contributed by atoms with Crippen molar-refractivity contribution in [2.24, 2.45) is 5.92 Å². The molecule has 6 atom stereocenters. The predicted octanol–water partition coefficient (Wildman–Crippen LogP) is 8.28. The number of halogens is 1. The van der Waals surface area contributed by atoms with Gasteiger partial charge in [-0.05, 0) is 80.8 Å². The Morgan fingerprint density at radius 3 is 2.11 bits per heavy atom. The zero-order valence-corrected chi connectivity index (χ0v) is 28.6. The Morgan fingerprint density at radius 1 is 0.844 bits per heavy atom. The Kier molecular flexibility index (Phi) is 14.0. The van der Waals surface area contributed by atoms with Gasteiger partial charge in [0.05, 0.1) is 19.1 Å². The van der Waals surface area contributed by atoms with Gasteiger partial charge >= 0.3 is 5.97 Å². The molecular formula is C37H53ClO7. The third-order valence-corrected chi connectivity index (χ3v) is 9.08. The molecule has 4 rings (SSSR count). The second kappa shape index (κ2) is 17.7. The molecule has 7 nitrogen and oxygen atoms in total. The van der Waals surface area contributed by atoms with Gasteiger partial charge in [0.2, 0.25) is 0 Å². The minimum atomic E-state index is -0.846. The average molecular weight is 645 g/mol. The number of unbranched alkanes of at least 4 members (excludes halogenated alkanes) is 3. The highest BCUT2D eigenvalue weighted by atomic mass is 35.5. The van der Waals surface area contributed by atoms with Gasteiger partial charge in [-0.15, -0.1) is 0 Å². The lowest BCUT2D eigenvalue weighted by Crippen LogP contribution is -2.60. The second-order valence-electron chi connectivity index (χ2n) is 12.1. The first kappa shape index (κ1) is 35.7. The fourth-order valence-electron chi connectivity index (χ4n) is 6.16. The first-order chi connectivity index (χ1) is 21.9. The van der Waals surface area contributed by atoms with E-state index in [1.807, 2.05) is 38.1 Å². The van der Waals surface area contributed by atoms with Crippen LogP contribution < -0.4 is 4.74 Å². The van der Waals surface area contributed by atoms with Crippen molar-refractivity contribution in [2.45, 2.75) is 116 Å². The summed E-state index contributed by atoms with van der Waals surface area (Å²) in [6, 6.07) is 14.2. The Bertz CT molecular complexity index is 1190. The van der Waals surface area contributed by atoms with E-state index in [2.05, 4.69) is 39.0 Å². The average Bonchev–Trinajstić information content (AvgIpc) is 3.76. The SMILES string of the molecule is CCCCO[C@@H]1[C@@H](OCCCC)[C@H](OCCCC)C2(CC2C(=O)OCC)O[C@H]1c1ccc(Cl)c(Cc2ccc(OCC)cc2)c1. The molecule has 0 N–H and O–H groups in total. The number of hydrogen-bond donors (Lipinski definition) is 0. The first-order valence-electron chi connectivity index (χ1n) is 17.1. The number of rotatable bonds is 19. The van der Waals surface area contributed by atoms with Crippen LogP contribution in [0.2, 0.25) is 5.02 Å². The van der Waals surface area contributed by atoms with E-state index in [1.165, 1.54) is 0 Å². The van der Waals surface area contributed by atoms with Crippen LogP contribution in [0, 0.1) is 5.92 Å². The van der Waals surface area contributed by atoms with Crippen molar-refractivity contribution in [2.75, 3.05) is 33.0 Å². The van der Waals surface area contributed by atoms with Crippen LogP contribution in [0.3, 0.4) is 0 Å². The van der Waals surface area contributed by atoms with Gasteiger partial charge in [0.25, 0.3) is 0 Å². The van der Waals surface area contributed by atoms with E-state index < -0.39 is 35.9 Å². The van der Waals surface area contributed by atoms with E-state index >= 15 is 0 Å². The number of carbonyl (C=O) groups excluding carboxylic acids is 1. The van der Waals surface area contributed by atoms with E-state index in [-0.39, 0.29) is 5.97 Å². The fraction of sp³-hybridized carbons (Fsp3) is 0.649. The Morgan fingerprint density at radius 2 is 1.49 bits per heavy atom. The van der Waals surface area contributed by atoms with Gasteiger partial charge in [-0.2, -0.15) is 0 Å². The van der Waals surface area contributed by atoms with Crippen LogP contribution in [0.4, 0.5) is 0 Å². The van der Waals surface area contributed by atoms with Crippen molar-refractivity contribution in [1.82, 2.24) is 0 Å². The molecular weight excluding hydrogens is 592 g/mol. The molecule has 0 amide bonds. The molecule has 2 aromatic rings. The van der Waals surface area contributed by atoms with Crippen molar-refractivity contribution in [3.05, 3.63) is 64.2 Å². The summed E-state index contributed by atoms with van der Waals surface area (Å²) in [5.74, 6) is 0.181. The van der Waals surface area contributed by atoms with Crippen LogP contribution in [0.5, 0.6) is 5.75 Å². The number of ether oxygens (including phenoxy) is 6. The minimum absolute atomic E-state index is 0.245. The predicted molar refractivity (Wildman–Crippen MR) is 177 cm³/mol. The summed E-state index contributed by atoms with van der Waals surface area (Å²) in [6.45, 7) is 12.9. The lowest BCUT2D eigenvalue weighted by molar-refractivity contribution is -0.274. The molecule has 0 aromatic heterocycles. The van der Waals surface area contributed by atoms with Crippen LogP contribution in [0.15, 0.2) is 42.5 Å². The Labute approximate surface area is 275 Å². The van der Waals surface area contributed by atoms with E-state index in [1.54, 1.807) is 0 Å². The third-order valence-electron chi connectivity index (χ3n) is 8.71. The normalized spacial score (nSPS) is 25.8. The minimum Gasteiger partial charge on any atom is -0.494 e. The standard InChI is InChI=1S/C37H53ClO7/c1-6-11-20-42-33-32(27-16-19-31(38)28(24-27)23-26-14-17-29(18-15-26)40-9-4)45-37(25-30(37)36(39)41-10-5)35(44-22-13-8-3)34(33)43-21-12-7-2/h14-19,24,30,32-35H,6-13,20-23,25H2,1-5H3/t30?,32-,33-,34+,35-,37?/m0/s1. The maximum atomic E-state index is 13.2. The van der Waals surface area contributed by atoms with Gasteiger partial charge in [-0.25, -0.2) is 0 Å². The van der Waals surface area contributed by atoms with Gasteiger partial charge in [-0.1, -0.05) is 75.9 Å². The van der Waals surface area contributed by atoms with Gasteiger partial charge in [0.15, 0.2) is 0 Å². The molecule has 1 aliphatic heterocycles. The fourth-order valence-corrected chi connectivity index (χ4v) is 6.35. The van der Waals surface area contributed by atoms with E-state index in [9.17, 15) is 4.79 Å². The van der Waals surface area contributed by atoms with Gasteiger partial charge in [-0.3, -0.25) is 4.79 Å². The molecule has 2 fully saturated rings. The largest absolute Gasteiger partial charge is 0.494 e. The summed E-state index contributed by atoms with van der Waals surface area (Å²) in [4.78, 5) is 13.2. The van der Waals surface area contributed by atoms with Crippen LogP contribution in [-0.2, 0) is 34.9 Å². The molecule has 0 radical (unpaired) electrons. The molecule has 1 heterocycles. The van der Waals surface area contributed by atoms with Crippen LogP contribution in [-0.4, -0.2) is 62.9 Å². The molecule has 1 aliphatic carbocycles. The van der Waals surface area contributed by atoms with Gasteiger partial charge in [0.1, 0.15) is 35.8 Å². The van der Waals surface area contributed by atoms with Crippen LogP contribution in [0.1, 0.15) is 102 Å². The van der Waals surface area contributed by atoms with Crippen molar-refractivity contribution >= 4 is 17.6 Å². The maximum absolute atomic E-state index is 13.2. The molecule has 8 heteroatoms. The van der Waals surface area contributed by atoms with Crippen molar-refractivity contribution in [1.29, 1.82) is 0 Å². The zero-order valence-electron chi connectivity index (χ0n) is 27.9. The molecule has 2 aromatic carbocycles. The number of hydrogen-bond acceptors (Lipinski definition) is 7. The monoisotopic (exact) mass is 644 g/mol. The lowest BCUT2D eigenvalue weighted by Gasteiger charge is -2.47. The number of esters is 1. The van der Waals surface area contributed by atoms with E-state index in [0.717, 1.165) is 61.0 Å². The van der Waals surface area contributed by atoms with Gasteiger partial charge < -0.3 is 28.4 Å². The summed E-state index contributed by atoms with van der Waals surface area (Å²) < 4.78 is 38.2. The van der Waals surface area contributed by atoms with Crippen molar-refractivity contribution in [3.63, 3.8) is 0 Å². The van der Waals surface area contributed by atoms with Crippen molar-refractivity contribution < 1.29 is 33.2 Å². The zero-order chi connectivity index (χ0) is 32.2. The molecule has 2 aliphatic rings. The summed E-state index contributed by atoms with van der Waals surface area (Å²) in [5.41, 5.74) is 2.22. The quantitative estimate of drug-likeness (QED) is 0.113. The summed E-state index contributed by atoms with van der Waals surface area (Å²) in [5, 5.41) is 0.689. The highest BCUT2D eigenvalue weighted by molar-refractivity contribution is 6.31. The summed E-state index contributed by atoms with van der Waals surface area (Å²) in [6.07, 6.45) is 5.21. The van der Waals surface area contributed by atoms with Gasteiger partial charge in [0, 0.05) is 24.8 Å². The first-order valence-corrected chi connectivity index (χ1v) is 17.5. The van der Waals surface area contributed by atoms with E-state index in [4.69, 9.17) is 40.0 Å². The summed E-state index contributed by atoms with van der Waals surface area (Å²) >= 11 is 6.78. The molecule has 2 unspecified atom stereocenters. The molecule has 0 bridgehead atoms. The second-order valence-corrected chi connectivity index (χ2v) is 12.5. The Balaban J connectivity index is 1.72. The highest BCUT2D eigenvalue weighted by Crippen LogP contribution is 2.59. The molecule has 1 saturated heterocycles. The topological polar surface area (TPSA) is 72.5 Å². The maximum Gasteiger partial charge on any atom is 0.312 e. The highest BCUT2D eigenvalue weighted by Gasteiger charge is 2.72. The Hall–Kier alpha value is -2.16. The number of carbonyl (C=O) groups is 1. The smallest absolute Gasteiger partial charge is 0.312 e. The molecule has 1 saturated carbocycles. The molecule has 1 spiro atoms. The molecule has 250 valence electrons. The summed E-state index contributed by atoms with van der Waals surface area (Å²) in [7, 11) is 0. The number of benzene rings is 2. The third kappa shape index (κ3) is 9.01.